The Kier molecular flexibility index (Phi) is 2.34. The minimum atomic E-state index is -0.372. The van der Waals surface area contributed by atoms with Gasteiger partial charge in [-0.3, -0.25) is 0 Å². The van der Waals surface area contributed by atoms with Crippen molar-refractivity contribution in [1.82, 2.24) is 9.80 Å². The number of likely N-dealkylation sites (N-methyl/N-ethyl adjacent to an activating group) is 1. The number of nitrogens with zero attached hydrogens (tertiary/aromatic N) is 2. The van der Waals surface area contributed by atoms with Gasteiger partial charge in [-0.2, -0.15) is 0 Å². The van der Waals surface area contributed by atoms with E-state index in [4.69, 9.17) is 0 Å². The molecule has 2 fully saturated rings. The molecule has 1 atom stereocenters. The third-order valence-corrected chi connectivity index (χ3v) is 3.47. The van der Waals surface area contributed by atoms with E-state index in [0.29, 0.717) is 5.92 Å². The van der Waals surface area contributed by atoms with Crippen molar-refractivity contribution in [3.8, 4) is 0 Å². The molecule has 13 heavy (non-hydrogen) atoms. The van der Waals surface area contributed by atoms with Gasteiger partial charge in [-0.15, -0.1) is 0 Å². The topological polar surface area (TPSA) is 26.7 Å². The number of piperidine rings is 1. The second-order valence-electron chi connectivity index (χ2n) is 4.88. The Morgan fingerprint density at radius 1 is 1.23 bits per heavy atom. The highest BCUT2D eigenvalue weighted by molar-refractivity contribution is 5.00. The van der Waals surface area contributed by atoms with Crippen molar-refractivity contribution in [1.29, 1.82) is 0 Å². The molecule has 0 saturated carbocycles. The zero-order valence-corrected chi connectivity index (χ0v) is 8.66. The minimum absolute atomic E-state index is 0.372. The summed E-state index contributed by atoms with van der Waals surface area (Å²) >= 11 is 0. The number of hydrogen-bond donors (Lipinski definition) is 1. The average molecular weight is 184 g/mol. The molecule has 2 rings (SSSR count). The SMILES string of the molecule is CN1CCC[C@H](C2(O)CN(C)C2)C1. The van der Waals surface area contributed by atoms with Crippen molar-refractivity contribution < 1.29 is 5.11 Å². The second kappa shape index (κ2) is 3.23. The average Bonchev–Trinajstić information content (AvgIpc) is 2.02. The van der Waals surface area contributed by atoms with E-state index in [1.54, 1.807) is 0 Å². The molecule has 0 aliphatic carbocycles. The molecule has 0 aromatic rings. The highest BCUT2D eigenvalue weighted by Crippen LogP contribution is 2.33. The van der Waals surface area contributed by atoms with E-state index in [2.05, 4.69) is 23.9 Å². The predicted molar refractivity (Wildman–Crippen MR) is 52.7 cm³/mol. The highest BCUT2D eigenvalue weighted by atomic mass is 16.3. The number of rotatable bonds is 1. The predicted octanol–water partition coefficient (Wildman–Crippen LogP) is 0.00470. The lowest BCUT2D eigenvalue weighted by Gasteiger charge is -2.51. The van der Waals surface area contributed by atoms with E-state index in [-0.39, 0.29) is 5.60 Å². The number of β-amino-alcohol motifs (C(OH)–C–C–N with tert-alkyl or cyclic N) is 1. The maximum atomic E-state index is 10.3. The molecule has 2 saturated heterocycles. The van der Waals surface area contributed by atoms with Crippen molar-refractivity contribution in [3.05, 3.63) is 0 Å². The van der Waals surface area contributed by atoms with Crippen molar-refractivity contribution in [2.24, 2.45) is 5.92 Å². The molecule has 2 aliphatic heterocycles. The van der Waals surface area contributed by atoms with E-state index in [9.17, 15) is 5.11 Å². The van der Waals surface area contributed by atoms with E-state index < -0.39 is 0 Å². The first kappa shape index (κ1) is 9.44. The van der Waals surface area contributed by atoms with Gasteiger partial charge in [0.25, 0.3) is 0 Å². The first-order chi connectivity index (χ1) is 6.10. The summed E-state index contributed by atoms with van der Waals surface area (Å²) in [6.45, 7) is 4.00. The lowest BCUT2D eigenvalue weighted by molar-refractivity contribution is -0.138. The summed E-state index contributed by atoms with van der Waals surface area (Å²) < 4.78 is 0. The molecule has 0 aromatic carbocycles. The van der Waals surface area contributed by atoms with Crippen molar-refractivity contribution in [2.45, 2.75) is 18.4 Å². The second-order valence-corrected chi connectivity index (χ2v) is 4.88. The summed E-state index contributed by atoms with van der Waals surface area (Å²) in [7, 11) is 4.22. The summed E-state index contributed by atoms with van der Waals surface area (Å²) in [4.78, 5) is 4.53. The van der Waals surface area contributed by atoms with Crippen LogP contribution in [-0.4, -0.2) is 60.8 Å². The van der Waals surface area contributed by atoms with Gasteiger partial charge in [0.15, 0.2) is 0 Å². The van der Waals surface area contributed by atoms with E-state index in [1.165, 1.54) is 19.4 Å². The summed E-state index contributed by atoms with van der Waals surface area (Å²) in [6.07, 6.45) is 2.45. The van der Waals surface area contributed by atoms with Crippen LogP contribution < -0.4 is 0 Å². The highest BCUT2D eigenvalue weighted by Gasteiger charge is 2.46. The molecule has 2 aliphatic rings. The van der Waals surface area contributed by atoms with Gasteiger partial charge in [0.2, 0.25) is 0 Å². The Labute approximate surface area is 80.3 Å². The summed E-state index contributed by atoms with van der Waals surface area (Å²) in [6, 6.07) is 0. The molecule has 3 heteroatoms. The number of aliphatic hydroxyl groups is 1. The van der Waals surface area contributed by atoms with Gasteiger partial charge in [0.1, 0.15) is 0 Å². The molecular weight excluding hydrogens is 164 g/mol. The van der Waals surface area contributed by atoms with Crippen LogP contribution in [0.4, 0.5) is 0 Å². The normalized spacial score (nSPS) is 35.8. The molecule has 2 heterocycles. The van der Waals surface area contributed by atoms with Crippen LogP contribution >= 0.6 is 0 Å². The van der Waals surface area contributed by atoms with Crippen LogP contribution in [0.25, 0.3) is 0 Å². The molecule has 1 N–H and O–H groups in total. The van der Waals surface area contributed by atoms with Crippen molar-refractivity contribution in [3.63, 3.8) is 0 Å². The first-order valence-corrected chi connectivity index (χ1v) is 5.20. The molecule has 76 valence electrons. The number of likely N-dealkylation sites (tertiary alicyclic amines) is 2. The smallest absolute Gasteiger partial charge is 0.0940 e. The Morgan fingerprint density at radius 2 is 1.92 bits per heavy atom. The van der Waals surface area contributed by atoms with Gasteiger partial charge < -0.3 is 14.9 Å². The minimum Gasteiger partial charge on any atom is -0.387 e. The molecule has 3 nitrogen and oxygen atoms in total. The summed E-state index contributed by atoms with van der Waals surface area (Å²) in [5.41, 5.74) is -0.372. The fraction of sp³-hybridized carbons (Fsp3) is 1.00. The van der Waals surface area contributed by atoms with Crippen molar-refractivity contribution >= 4 is 0 Å². The molecule has 0 bridgehead atoms. The fourth-order valence-corrected chi connectivity index (χ4v) is 2.75. The molecular formula is C10H20N2O. The standard InChI is InChI=1S/C10H20N2O/c1-11-5-3-4-9(6-11)10(13)7-12(2)8-10/h9,13H,3-8H2,1-2H3/t9-/m0/s1. The van der Waals surface area contributed by atoms with E-state index in [0.717, 1.165) is 19.6 Å². The number of hydrogen-bond acceptors (Lipinski definition) is 3. The Hall–Kier alpha value is -0.120. The van der Waals surface area contributed by atoms with Crippen LogP contribution in [0.15, 0.2) is 0 Å². The maximum Gasteiger partial charge on any atom is 0.0940 e. The van der Waals surface area contributed by atoms with Crippen LogP contribution in [0.5, 0.6) is 0 Å². The summed E-state index contributed by atoms with van der Waals surface area (Å²) in [5.74, 6) is 0.502. The largest absolute Gasteiger partial charge is 0.387 e. The maximum absolute atomic E-state index is 10.3. The van der Waals surface area contributed by atoms with Crippen molar-refractivity contribution in [2.75, 3.05) is 40.3 Å². The third-order valence-electron chi connectivity index (χ3n) is 3.47. The van der Waals surface area contributed by atoms with E-state index in [1.807, 2.05) is 0 Å². The van der Waals surface area contributed by atoms with Crippen LogP contribution in [0, 0.1) is 5.92 Å². The Morgan fingerprint density at radius 3 is 2.46 bits per heavy atom. The quantitative estimate of drug-likeness (QED) is 0.621. The van der Waals surface area contributed by atoms with Crippen LogP contribution in [0.1, 0.15) is 12.8 Å². The van der Waals surface area contributed by atoms with Gasteiger partial charge >= 0.3 is 0 Å². The fourth-order valence-electron chi connectivity index (χ4n) is 2.75. The zero-order chi connectivity index (χ0) is 9.47. The monoisotopic (exact) mass is 184 g/mol. The lowest BCUT2D eigenvalue weighted by atomic mass is 9.77. The molecule has 0 amide bonds. The molecule has 0 aromatic heterocycles. The molecule has 0 spiro atoms. The van der Waals surface area contributed by atoms with Crippen LogP contribution in [0.2, 0.25) is 0 Å². The lowest BCUT2D eigenvalue weighted by Crippen LogP contribution is -2.66. The summed E-state index contributed by atoms with van der Waals surface area (Å²) in [5, 5.41) is 10.3. The third kappa shape index (κ3) is 1.73. The first-order valence-electron chi connectivity index (χ1n) is 5.20. The molecule has 0 radical (unpaired) electrons. The van der Waals surface area contributed by atoms with Gasteiger partial charge in [0.05, 0.1) is 5.60 Å². The van der Waals surface area contributed by atoms with Crippen LogP contribution in [-0.2, 0) is 0 Å². The Bertz CT molecular complexity index is 189. The Balaban J connectivity index is 1.92. The molecule has 0 unspecified atom stereocenters. The van der Waals surface area contributed by atoms with Gasteiger partial charge in [-0.1, -0.05) is 0 Å². The van der Waals surface area contributed by atoms with E-state index >= 15 is 0 Å². The zero-order valence-electron chi connectivity index (χ0n) is 8.66. The van der Waals surface area contributed by atoms with Crippen LogP contribution in [0.3, 0.4) is 0 Å². The van der Waals surface area contributed by atoms with Gasteiger partial charge in [-0.05, 0) is 33.5 Å². The van der Waals surface area contributed by atoms with Gasteiger partial charge in [-0.25, -0.2) is 0 Å². The van der Waals surface area contributed by atoms with Gasteiger partial charge in [0, 0.05) is 25.6 Å².